The normalized spacial score (nSPS) is 26.0. The maximum Gasteiger partial charge on any atom is 0.253 e. The van der Waals surface area contributed by atoms with Gasteiger partial charge in [-0.05, 0) is 61.1 Å². The Hall–Kier alpha value is -2.20. The lowest BCUT2D eigenvalue weighted by molar-refractivity contribution is -0.0529. The Morgan fingerprint density at radius 1 is 1.00 bits per heavy atom. The van der Waals surface area contributed by atoms with Crippen LogP contribution in [0.4, 0.5) is 0 Å². The lowest BCUT2D eigenvalue weighted by atomic mass is 9.67. The maximum absolute atomic E-state index is 13.0. The van der Waals surface area contributed by atoms with E-state index in [1.807, 2.05) is 41.3 Å². The molecule has 0 bridgehead atoms. The summed E-state index contributed by atoms with van der Waals surface area (Å²) >= 11 is 0. The largest absolute Gasteiger partial charge is 0.392 e. The van der Waals surface area contributed by atoms with Gasteiger partial charge in [0.25, 0.3) is 5.91 Å². The van der Waals surface area contributed by atoms with Crippen LogP contribution in [0.2, 0.25) is 0 Å². The Morgan fingerprint density at radius 2 is 1.69 bits per heavy atom. The summed E-state index contributed by atoms with van der Waals surface area (Å²) in [5.74, 6) is 0.0862. The number of nitrogens with zero attached hydrogens (tertiary/aromatic N) is 2. The van der Waals surface area contributed by atoms with Crippen molar-refractivity contribution in [2.45, 2.75) is 44.6 Å². The van der Waals surface area contributed by atoms with Crippen molar-refractivity contribution in [3.63, 3.8) is 0 Å². The minimum atomic E-state index is -0.263. The van der Waals surface area contributed by atoms with E-state index in [-0.39, 0.29) is 17.4 Å². The summed E-state index contributed by atoms with van der Waals surface area (Å²) in [5.41, 5.74) is 2.83. The van der Waals surface area contributed by atoms with Gasteiger partial charge in [0, 0.05) is 36.5 Å². The van der Waals surface area contributed by atoms with Crippen molar-refractivity contribution in [3.05, 3.63) is 54.4 Å². The molecule has 2 atom stereocenters. The summed E-state index contributed by atoms with van der Waals surface area (Å²) < 4.78 is 0. The van der Waals surface area contributed by atoms with E-state index in [1.165, 1.54) is 6.42 Å². The monoisotopic (exact) mass is 350 g/mol. The van der Waals surface area contributed by atoms with Crippen molar-refractivity contribution in [1.82, 2.24) is 9.88 Å². The number of piperidine rings is 1. The highest BCUT2D eigenvalue weighted by atomic mass is 16.3. The molecule has 1 saturated heterocycles. The molecule has 136 valence electrons. The fourth-order valence-corrected chi connectivity index (χ4v) is 4.63. The number of hydrogen-bond donors (Lipinski definition) is 1. The van der Waals surface area contributed by atoms with Gasteiger partial charge in [-0.3, -0.25) is 9.78 Å². The van der Waals surface area contributed by atoms with Gasteiger partial charge in [-0.15, -0.1) is 0 Å². The molecule has 1 amide bonds. The first-order chi connectivity index (χ1) is 12.7. The first-order valence-electron chi connectivity index (χ1n) is 9.66. The molecule has 2 heterocycles. The summed E-state index contributed by atoms with van der Waals surface area (Å²) in [4.78, 5) is 19.0. The highest BCUT2D eigenvalue weighted by molar-refractivity contribution is 5.94. The van der Waals surface area contributed by atoms with E-state index in [0.29, 0.717) is 6.54 Å². The van der Waals surface area contributed by atoms with Crippen LogP contribution in [0, 0.1) is 5.41 Å². The third-order valence-electron chi connectivity index (χ3n) is 6.15. The summed E-state index contributed by atoms with van der Waals surface area (Å²) in [7, 11) is 0. The Bertz CT molecular complexity index is 755. The quantitative estimate of drug-likeness (QED) is 0.893. The van der Waals surface area contributed by atoms with Gasteiger partial charge in [-0.2, -0.15) is 0 Å². The molecule has 1 spiro atoms. The SMILES string of the molecule is O=C(c1ccc(-c2ccncc2)cc1)N1CCCC2(CCCCC2O)C1. The van der Waals surface area contributed by atoms with Crippen LogP contribution >= 0.6 is 0 Å². The number of aliphatic hydroxyl groups is 1. The lowest BCUT2D eigenvalue weighted by Gasteiger charge is -2.48. The minimum absolute atomic E-state index is 0.0802. The number of aliphatic hydroxyl groups excluding tert-OH is 1. The molecule has 1 saturated carbocycles. The molecule has 2 fully saturated rings. The summed E-state index contributed by atoms with van der Waals surface area (Å²) in [6.45, 7) is 1.48. The molecule has 4 rings (SSSR count). The first kappa shape index (κ1) is 17.2. The molecule has 4 heteroatoms. The van der Waals surface area contributed by atoms with E-state index in [9.17, 15) is 9.90 Å². The second-order valence-corrected chi connectivity index (χ2v) is 7.77. The predicted molar refractivity (Wildman–Crippen MR) is 102 cm³/mol. The number of aromatic nitrogens is 1. The molecule has 0 radical (unpaired) electrons. The third-order valence-corrected chi connectivity index (χ3v) is 6.15. The smallest absolute Gasteiger partial charge is 0.253 e. The van der Waals surface area contributed by atoms with Crippen molar-refractivity contribution in [3.8, 4) is 11.1 Å². The zero-order valence-corrected chi connectivity index (χ0v) is 15.1. The summed E-state index contributed by atoms with van der Waals surface area (Å²) in [5, 5.41) is 10.6. The van der Waals surface area contributed by atoms with E-state index in [4.69, 9.17) is 0 Å². The number of hydrogen-bond acceptors (Lipinski definition) is 3. The van der Waals surface area contributed by atoms with Crippen molar-refractivity contribution in [2.75, 3.05) is 13.1 Å². The summed E-state index contributed by atoms with van der Waals surface area (Å²) in [6.07, 6.45) is 9.50. The van der Waals surface area contributed by atoms with Crippen molar-refractivity contribution in [1.29, 1.82) is 0 Å². The van der Waals surface area contributed by atoms with Gasteiger partial charge in [0.1, 0.15) is 0 Å². The first-order valence-corrected chi connectivity index (χ1v) is 9.66. The second kappa shape index (κ2) is 7.20. The number of carbonyl (C=O) groups excluding carboxylic acids is 1. The minimum Gasteiger partial charge on any atom is -0.392 e. The fourth-order valence-electron chi connectivity index (χ4n) is 4.63. The molecule has 2 aliphatic rings. The molecular formula is C22H26N2O2. The van der Waals surface area contributed by atoms with E-state index >= 15 is 0 Å². The summed E-state index contributed by atoms with van der Waals surface area (Å²) in [6, 6.07) is 11.8. The van der Waals surface area contributed by atoms with Crippen LogP contribution in [-0.4, -0.2) is 40.1 Å². The van der Waals surface area contributed by atoms with Crippen LogP contribution in [0.3, 0.4) is 0 Å². The van der Waals surface area contributed by atoms with E-state index < -0.39 is 0 Å². The average molecular weight is 350 g/mol. The Labute approximate surface area is 154 Å². The molecule has 2 aromatic rings. The molecule has 26 heavy (non-hydrogen) atoms. The van der Waals surface area contributed by atoms with Gasteiger partial charge in [0.05, 0.1) is 6.10 Å². The van der Waals surface area contributed by atoms with Crippen LogP contribution in [0.5, 0.6) is 0 Å². The third kappa shape index (κ3) is 3.26. The highest BCUT2D eigenvalue weighted by Crippen LogP contribution is 2.43. The fraction of sp³-hybridized carbons (Fsp3) is 0.455. The van der Waals surface area contributed by atoms with Crippen LogP contribution in [0.15, 0.2) is 48.8 Å². The van der Waals surface area contributed by atoms with E-state index in [2.05, 4.69) is 4.98 Å². The van der Waals surface area contributed by atoms with Crippen LogP contribution in [-0.2, 0) is 0 Å². The lowest BCUT2D eigenvalue weighted by Crippen LogP contribution is -2.52. The standard InChI is InChI=1S/C22H26N2O2/c25-20-4-1-2-11-22(20)12-3-15-24(16-22)21(26)19-7-5-17(6-8-19)18-9-13-23-14-10-18/h5-10,13-14,20,25H,1-4,11-12,15-16H2. The molecule has 1 aliphatic carbocycles. The number of rotatable bonds is 2. The van der Waals surface area contributed by atoms with Gasteiger partial charge in [0.2, 0.25) is 0 Å². The average Bonchev–Trinajstić information content (AvgIpc) is 2.71. The number of benzene rings is 1. The van der Waals surface area contributed by atoms with Gasteiger partial charge in [0.15, 0.2) is 0 Å². The molecular weight excluding hydrogens is 324 g/mol. The Morgan fingerprint density at radius 3 is 2.42 bits per heavy atom. The van der Waals surface area contributed by atoms with Gasteiger partial charge in [-0.1, -0.05) is 25.0 Å². The Kier molecular flexibility index (Phi) is 4.77. The maximum atomic E-state index is 13.0. The molecule has 4 nitrogen and oxygen atoms in total. The van der Waals surface area contributed by atoms with Crippen LogP contribution < -0.4 is 0 Å². The zero-order chi connectivity index (χ0) is 18.0. The van der Waals surface area contributed by atoms with Crippen molar-refractivity contribution in [2.24, 2.45) is 5.41 Å². The predicted octanol–water partition coefficient (Wildman–Crippen LogP) is 3.91. The van der Waals surface area contributed by atoms with E-state index in [1.54, 1.807) is 12.4 Å². The van der Waals surface area contributed by atoms with Gasteiger partial charge in [-0.25, -0.2) is 0 Å². The van der Waals surface area contributed by atoms with Gasteiger partial charge < -0.3 is 10.0 Å². The van der Waals surface area contributed by atoms with Crippen molar-refractivity contribution < 1.29 is 9.90 Å². The van der Waals surface area contributed by atoms with Gasteiger partial charge >= 0.3 is 0 Å². The Balaban J connectivity index is 1.50. The van der Waals surface area contributed by atoms with E-state index in [0.717, 1.165) is 55.3 Å². The molecule has 1 aromatic heterocycles. The van der Waals surface area contributed by atoms with Crippen molar-refractivity contribution >= 4 is 5.91 Å². The zero-order valence-electron chi connectivity index (χ0n) is 15.1. The van der Waals surface area contributed by atoms with Crippen LogP contribution in [0.25, 0.3) is 11.1 Å². The molecule has 1 aromatic carbocycles. The topological polar surface area (TPSA) is 53.4 Å². The van der Waals surface area contributed by atoms with Crippen LogP contribution in [0.1, 0.15) is 48.9 Å². The number of amides is 1. The molecule has 1 N–H and O–H groups in total. The number of pyridine rings is 1. The molecule has 1 aliphatic heterocycles. The number of carbonyl (C=O) groups is 1. The second-order valence-electron chi connectivity index (χ2n) is 7.77. The highest BCUT2D eigenvalue weighted by Gasteiger charge is 2.43. The number of likely N-dealkylation sites (tertiary alicyclic amines) is 1. The molecule has 2 unspecified atom stereocenters.